The Hall–Kier alpha value is -1.81. The third kappa shape index (κ3) is 4.24. The summed E-state index contributed by atoms with van der Waals surface area (Å²) in [6, 6.07) is 6.06. The van der Waals surface area contributed by atoms with Crippen molar-refractivity contribution in [3.8, 4) is 0 Å². The molecule has 1 aliphatic heterocycles. The first kappa shape index (κ1) is 18.0. The van der Waals surface area contributed by atoms with Crippen LogP contribution in [0.2, 0.25) is 0 Å². The van der Waals surface area contributed by atoms with Crippen LogP contribution in [0.25, 0.3) is 0 Å². The smallest absolute Gasteiger partial charge is 0.253 e. The Morgan fingerprint density at radius 3 is 2.92 bits per heavy atom. The number of benzene rings is 1. The average Bonchev–Trinajstić information content (AvgIpc) is 3.21. The standard InChI is InChI=1S/C16H20N4O3S2/c1-11-19-14(10-24-11)8-18-25(22,23)15-4-2-3-12(7-15)16(21)20-6-5-13(17)9-20/h2-4,7,10,13,18H,5-6,8-9,17H2,1H3. The van der Waals surface area contributed by atoms with Gasteiger partial charge in [-0.15, -0.1) is 11.3 Å². The highest BCUT2D eigenvalue weighted by Gasteiger charge is 2.25. The van der Waals surface area contributed by atoms with Gasteiger partial charge in [0.2, 0.25) is 10.0 Å². The molecule has 0 spiro atoms. The predicted molar refractivity (Wildman–Crippen MR) is 95.8 cm³/mol. The van der Waals surface area contributed by atoms with E-state index in [9.17, 15) is 13.2 Å². The number of amides is 1. The van der Waals surface area contributed by atoms with Gasteiger partial charge in [0.15, 0.2) is 0 Å². The van der Waals surface area contributed by atoms with E-state index in [4.69, 9.17) is 5.73 Å². The van der Waals surface area contributed by atoms with Gasteiger partial charge in [-0.3, -0.25) is 4.79 Å². The van der Waals surface area contributed by atoms with E-state index in [1.807, 2.05) is 12.3 Å². The van der Waals surface area contributed by atoms with Crippen molar-refractivity contribution < 1.29 is 13.2 Å². The largest absolute Gasteiger partial charge is 0.337 e. The summed E-state index contributed by atoms with van der Waals surface area (Å²) in [6.45, 7) is 3.07. The van der Waals surface area contributed by atoms with Gasteiger partial charge in [-0.2, -0.15) is 0 Å². The molecule has 1 saturated heterocycles. The Balaban J connectivity index is 1.74. The molecular formula is C16H20N4O3S2. The highest BCUT2D eigenvalue weighted by atomic mass is 32.2. The molecule has 0 saturated carbocycles. The minimum Gasteiger partial charge on any atom is -0.337 e. The number of nitrogens with one attached hydrogen (secondary N) is 1. The van der Waals surface area contributed by atoms with Gasteiger partial charge < -0.3 is 10.6 Å². The van der Waals surface area contributed by atoms with Gasteiger partial charge in [0, 0.05) is 30.1 Å². The Labute approximate surface area is 150 Å². The summed E-state index contributed by atoms with van der Waals surface area (Å²) >= 11 is 1.47. The quantitative estimate of drug-likeness (QED) is 0.808. The van der Waals surface area contributed by atoms with Crippen molar-refractivity contribution in [2.24, 2.45) is 5.73 Å². The van der Waals surface area contributed by atoms with Crippen molar-refractivity contribution in [3.05, 3.63) is 45.9 Å². The van der Waals surface area contributed by atoms with Crippen LogP contribution in [0.3, 0.4) is 0 Å². The minimum absolute atomic E-state index is 0.0147. The monoisotopic (exact) mass is 380 g/mol. The molecule has 1 aliphatic rings. The zero-order chi connectivity index (χ0) is 18.0. The first-order chi connectivity index (χ1) is 11.8. The number of aromatic nitrogens is 1. The molecule has 0 radical (unpaired) electrons. The third-order valence-electron chi connectivity index (χ3n) is 4.01. The SMILES string of the molecule is Cc1nc(CNS(=O)(=O)c2cccc(C(=O)N3CCC(N)C3)c2)cs1. The number of nitrogens with two attached hydrogens (primary N) is 1. The number of carbonyl (C=O) groups excluding carboxylic acids is 1. The summed E-state index contributed by atoms with van der Waals surface area (Å²) < 4.78 is 27.5. The maximum atomic E-state index is 12.5. The van der Waals surface area contributed by atoms with Crippen LogP contribution < -0.4 is 10.5 Å². The van der Waals surface area contributed by atoms with Crippen LogP contribution in [-0.2, 0) is 16.6 Å². The van der Waals surface area contributed by atoms with E-state index in [1.165, 1.54) is 23.5 Å². The van der Waals surface area contributed by atoms with E-state index in [-0.39, 0.29) is 23.4 Å². The van der Waals surface area contributed by atoms with Crippen LogP contribution in [0.1, 0.15) is 27.5 Å². The van der Waals surface area contributed by atoms with Gasteiger partial charge in [-0.25, -0.2) is 18.1 Å². The van der Waals surface area contributed by atoms with Crippen molar-refractivity contribution >= 4 is 27.3 Å². The number of likely N-dealkylation sites (tertiary alicyclic amines) is 1. The van der Waals surface area contributed by atoms with Crippen molar-refractivity contribution in [2.75, 3.05) is 13.1 Å². The molecule has 1 amide bonds. The fourth-order valence-corrected chi connectivity index (χ4v) is 4.35. The molecule has 3 N–H and O–H groups in total. The topological polar surface area (TPSA) is 105 Å². The van der Waals surface area contributed by atoms with Crippen LogP contribution in [0, 0.1) is 6.92 Å². The van der Waals surface area contributed by atoms with Crippen LogP contribution in [-0.4, -0.2) is 43.3 Å². The van der Waals surface area contributed by atoms with E-state index in [1.54, 1.807) is 17.0 Å². The Kier molecular flexibility index (Phi) is 5.19. The van der Waals surface area contributed by atoms with Gasteiger partial charge in [-0.1, -0.05) is 6.07 Å². The van der Waals surface area contributed by atoms with E-state index in [0.29, 0.717) is 24.3 Å². The number of aryl methyl sites for hydroxylation is 1. The van der Waals surface area contributed by atoms with Crippen molar-refractivity contribution in [1.82, 2.24) is 14.6 Å². The maximum Gasteiger partial charge on any atom is 0.253 e. The average molecular weight is 380 g/mol. The number of hydrogen-bond donors (Lipinski definition) is 2. The van der Waals surface area contributed by atoms with Crippen molar-refractivity contribution in [2.45, 2.75) is 30.8 Å². The molecule has 2 heterocycles. The van der Waals surface area contributed by atoms with Crippen molar-refractivity contribution in [3.63, 3.8) is 0 Å². The second-order valence-electron chi connectivity index (χ2n) is 6.01. The second kappa shape index (κ2) is 7.20. The minimum atomic E-state index is -3.72. The number of sulfonamides is 1. The molecule has 2 aromatic rings. The zero-order valence-electron chi connectivity index (χ0n) is 13.8. The lowest BCUT2D eigenvalue weighted by molar-refractivity contribution is 0.0790. The van der Waals surface area contributed by atoms with Crippen LogP contribution in [0.4, 0.5) is 0 Å². The highest BCUT2D eigenvalue weighted by molar-refractivity contribution is 7.89. The number of hydrogen-bond acceptors (Lipinski definition) is 6. The molecule has 9 heteroatoms. The van der Waals surface area contributed by atoms with Crippen LogP contribution in [0.15, 0.2) is 34.5 Å². The molecule has 1 atom stereocenters. The predicted octanol–water partition coefficient (Wildman–Crippen LogP) is 1.10. The summed E-state index contributed by atoms with van der Waals surface area (Å²) in [6.07, 6.45) is 0.762. The van der Waals surface area contributed by atoms with Gasteiger partial charge in [0.25, 0.3) is 5.91 Å². The van der Waals surface area contributed by atoms with Gasteiger partial charge in [0.05, 0.1) is 22.1 Å². The Bertz CT molecular complexity index is 879. The molecule has 0 bridgehead atoms. The van der Waals surface area contributed by atoms with Gasteiger partial charge in [0.1, 0.15) is 0 Å². The molecule has 1 fully saturated rings. The van der Waals surface area contributed by atoms with E-state index in [2.05, 4.69) is 9.71 Å². The van der Waals surface area contributed by atoms with Crippen molar-refractivity contribution in [1.29, 1.82) is 0 Å². The molecule has 1 aromatic heterocycles. The first-order valence-electron chi connectivity index (χ1n) is 7.91. The number of thiazole rings is 1. The molecular weight excluding hydrogens is 360 g/mol. The molecule has 7 nitrogen and oxygen atoms in total. The molecule has 3 rings (SSSR count). The fourth-order valence-electron chi connectivity index (χ4n) is 2.69. The number of nitrogens with zero attached hydrogens (tertiary/aromatic N) is 2. The van der Waals surface area contributed by atoms with E-state index in [0.717, 1.165) is 11.4 Å². The number of rotatable bonds is 5. The van der Waals surface area contributed by atoms with Gasteiger partial charge in [-0.05, 0) is 31.5 Å². The Morgan fingerprint density at radius 1 is 1.48 bits per heavy atom. The fraction of sp³-hybridized carbons (Fsp3) is 0.375. The highest BCUT2D eigenvalue weighted by Crippen LogP contribution is 2.17. The summed E-state index contributed by atoms with van der Waals surface area (Å²) in [5, 5.41) is 2.69. The van der Waals surface area contributed by atoms with Crippen LogP contribution >= 0.6 is 11.3 Å². The summed E-state index contributed by atoms with van der Waals surface area (Å²) in [5.41, 5.74) is 6.85. The lowest BCUT2D eigenvalue weighted by Gasteiger charge is -2.16. The van der Waals surface area contributed by atoms with Crippen LogP contribution in [0.5, 0.6) is 0 Å². The van der Waals surface area contributed by atoms with Gasteiger partial charge >= 0.3 is 0 Å². The normalized spacial score (nSPS) is 17.8. The second-order valence-corrected chi connectivity index (χ2v) is 8.84. The first-order valence-corrected chi connectivity index (χ1v) is 10.3. The van der Waals surface area contributed by atoms with E-state index >= 15 is 0 Å². The molecule has 134 valence electrons. The lowest BCUT2D eigenvalue weighted by atomic mass is 10.2. The Morgan fingerprint density at radius 2 is 2.28 bits per heavy atom. The summed E-state index contributed by atoms with van der Waals surface area (Å²) in [7, 11) is -3.72. The molecule has 1 aromatic carbocycles. The molecule has 1 unspecified atom stereocenters. The third-order valence-corrected chi connectivity index (χ3v) is 6.23. The summed E-state index contributed by atoms with van der Waals surface area (Å²) in [4.78, 5) is 18.5. The molecule has 25 heavy (non-hydrogen) atoms. The maximum absolute atomic E-state index is 12.5. The van der Waals surface area contributed by atoms with E-state index < -0.39 is 10.0 Å². The summed E-state index contributed by atoms with van der Waals surface area (Å²) in [5.74, 6) is -0.194. The number of carbonyl (C=O) groups is 1. The molecule has 0 aliphatic carbocycles. The lowest BCUT2D eigenvalue weighted by Crippen LogP contribution is -2.32. The zero-order valence-corrected chi connectivity index (χ0v) is 15.4.